The largest absolute Gasteiger partial charge is 0.501 e. The summed E-state index contributed by atoms with van der Waals surface area (Å²) in [6, 6.07) is 5.42. The van der Waals surface area contributed by atoms with Crippen LogP contribution in [-0.2, 0) is 13.6 Å². The monoisotopic (exact) mass is 307 g/mol. The summed E-state index contributed by atoms with van der Waals surface area (Å²) < 4.78 is 1.09. The van der Waals surface area contributed by atoms with Crippen molar-refractivity contribution in [1.29, 1.82) is 0 Å². The molecular weight excluding hydrogens is 294 g/mol. The van der Waals surface area contributed by atoms with Crippen molar-refractivity contribution in [3.63, 3.8) is 0 Å². The molecule has 110 valence electrons. The molecule has 1 aromatic heterocycles. The molecule has 6 nitrogen and oxygen atoms in total. The van der Waals surface area contributed by atoms with E-state index in [0.29, 0.717) is 5.02 Å². The van der Waals surface area contributed by atoms with E-state index in [-0.39, 0.29) is 12.2 Å². The van der Waals surface area contributed by atoms with Gasteiger partial charge in [-0.15, -0.1) is 0 Å². The molecule has 7 heteroatoms. The number of nitrogens with one attached hydrogen (secondary N) is 1. The van der Waals surface area contributed by atoms with Gasteiger partial charge >= 0.3 is 0 Å². The summed E-state index contributed by atoms with van der Waals surface area (Å²) in [5.74, 6) is -1.29. The van der Waals surface area contributed by atoms with Gasteiger partial charge in [0.25, 0.3) is 11.5 Å². The second-order valence-corrected chi connectivity index (χ2v) is 5.03. The molecule has 0 aliphatic rings. The van der Waals surface area contributed by atoms with Crippen LogP contribution in [-0.4, -0.2) is 20.6 Å². The molecule has 2 aromatic rings. The summed E-state index contributed by atoms with van der Waals surface area (Å²) in [5.41, 5.74) is 0.782. The Kier molecular flexibility index (Phi) is 4.28. The zero-order chi connectivity index (χ0) is 15.6. The average Bonchev–Trinajstić information content (AvgIpc) is 2.46. The lowest BCUT2D eigenvalue weighted by Crippen LogP contribution is -2.27. The first kappa shape index (κ1) is 15.1. The number of rotatable bonds is 3. The zero-order valence-corrected chi connectivity index (χ0v) is 12.3. The fourth-order valence-corrected chi connectivity index (χ4v) is 1.91. The number of carbonyl (C=O) groups excluding carboxylic acids is 1. The molecule has 0 saturated carbocycles. The Balaban J connectivity index is 2.14. The molecule has 0 fully saturated rings. The van der Waals surface area contributed by atoms with Crippen LogP contribution in [0.2, 0.25) is 5.02 Å². The minimum Gasteiger partial charge on any atom is -0.501 e. The van der Waals surface area contributed by atoms with Crippen LogP contribution in [0.1, 0.15) is 21.6 Å². The molecule has 2 N–H and O–H groups in total. The third-order valence-electron chi connectivity index (χ3n) is 3.01. The van der Waals surface area contributed by atoms with E-state index in [9.17, 15) is 14.7 Å². The van der Waals surface area contributed by atoms with E-state index in [2.05, 4.69) is 10.3 Å². The summed E-state index contributed by atoms with van der Waals surface area (Å²) >= 11 is 6.00. The summed E-state index contributed by atoms with van der Waals surface area (Å²) in [4.78, 5) is 27.2. The van der Waals surface area contributed by atoms with E-state index in [1.165, 1.54) is 13.4 Å². The van der Waals surface area contributed by atoms with E-state index in [1.54, 1.807) is 6.07 Å². The van der Waals surface area contributed by atoms with Gasteiger partial charge in [-0.2, -0.15) is 0 Å². The van der Waals surface area contributed by atoms with Crippen LogP contribution in [0.25, 0.3) is 0 Å². The number of carbonyl (C=O) groups is 1. The minimum absolute atomic E-state index is 0.217. The topological polar surface area (TPSA) is 84.2 Å². The van der Waals surface area contributed by atoms with Gasteiger partial charge in [0.1, 0.15) is 0 Å². The van der Waals surface area contributed by atoms with Crippen molar-refractivity contribution in [3.05, 3.63) is 56.7 Å². The highest BCUT2D eigenvalue weighted by Gasteiger charge is 2.16. The van der Waals surface area contributed by atoms with Gasteiger partial charge in [-0.3, -0.25) is 14.2 Å². The number of benzene rings is 1. The summed E-state index contributed by atoms with van der Waals surface area (Å²) in [6.45, 7) is 2.10. The predicted octanol–water partition coefficient (Wildman–Crippen LogP) is 1.38. The molecule has 0 aliphatic carbocycles. The first-order valence-electron chi connectivity index (χ1n) is 6.18. The molecule has 1 amide bonds. The number of aryl methyl sites for hydroxylation is 2. The van der Waals surface area contributed by atoms with Crippen molar-refractivity contribution in [3.8, 4) is 5.75 Å². The highest BCUT2D eigenvalue weighted by Crippen LogP contribution is 2.16. The molecule has 0 radical (unpaired) electrons. The lowest BCUT2D eigenvalue weighted by atomic mass is 10.1. The Morgan fingerprint density at radius 3 is 2.86 bits per heavy atom. The number of nitrogens with zero attached hydrogens (tertiary/aromatic N) is 2. The molecule has 0 atom stereocenters. The van der Waals surface area contributed by atoms with Gasteiger partial charge in [0.2, 0.25) is 5.75 Å². The molecule has 0 unspecified atom stereocenters. The van der Waals surface area contributed by atoms with E-state index < -0.39 is 17.2 Å². The molecule has 0 bridgehead atoms. The van der Waals surface area contributed by atoms with Gasteiger partial charge < -0.3 is 10.4 Å². The number of hydrogen-bond acceptors (Lipinski definition) is 4. The molecule has 0 saturated heterocycles. The predicted molar refractivity (Wildman–Crippen MR) is 78.5 cm³/mol. The highest BCUT2D eigenvalue weighted by atomic mass is 35.5. The molecular formula is C14H14ClN3O3. The van der Waals surface area contributed by atoms with Gasteiger partial charge in [-0.25, -0.2) is 4.98 Å². The van der Waals surface area contributed by atoms with Crippen molar-refractivity contribution >= 4 is 17.5 Å². The van der Waals surface area contributed by atoms with Gasteiger partial charge in [-0.05, 0) is 24.1 Å². The molecule has 1 aromatic carbocycles. The molecule has 0 spiro atoms. The maximum Gasteiger partial charge on any atom is 0.296 e. The number of halogens is 1. The van der Waals surface area contributed by atoms with Crippen LogP contribution in [0.4, 0.5) is 0 Å². The highest BCUT2D eigenvalue weighted by molar-refractivity contribution is 6.31. The van der Waals surface area contributed by atoms with Crippen molar-refractivity contribution in [2.45, 2.75) is 13.5 Å². The fraction of sp³-hybridized carbons (Fsp3) is 0.214. The second kappa shape index (κ2) is 5.97. The second-order valence-electron chi connectivity index (χ2n) is 4.62. The van der Waals surface area contributed by atoms with E-state index in [0.717, 1.165) is 15.7 Å². The number of amides is 1. The Hall–Kier alpha value is -2.34. The first-order chi connectivity index (χ1) is 9.90. The van der Waals surface area contributed by atoms with Crippen LogP contribution in [0.5, 0.6) is 5.75 Å². The van der Waals surface area contributed by atoms with Gasteiger partial charge in [-0.1, -0.05) is 23.7 Å². The SMILES string of the molecule is Cc1ccc(CNC(=O)c2ncn(C)c(=O)c2O)cc1Cl. The molecule has 2 rings (SSSR count). The summed E-state index contributed by atoms with van der Waals surface area (Å²) in [7, 11) is 1.44. The lowest BCUT2D eigenvalue weighted by Gasteiger charge is -2.08. The minimum atomic E-state index is -0.673. The molecule has 21 heavy (non-hydrogen) atoms. The quantitative estimate of drug-likeness (QED) is 0.897. The van der Waals surface area contributed by atoms with Crippen LogP contribution < -0.4 is 10.9 Å². The van der Waals surface area contributed by atoms with Gasteiger partial charge in [0.15, 0.2) is 5.69 Å². The number of hydrogen-bond donors (Lipinski definition) is 2. The van der Waals surface area contributed by atoms with Gasteiger partial charge in [0, 0.05) is 18.6 Å². The summed E-state index contributed by atoms with van der Waals surface area (Å²) in [6.07, 6.45) is 1.18. The third kappa shape index (κ3) is 3.22. The molecule has 0 aliphatic heterocycles. The summed E-state index contributed by atoms with van der Waals surface area (Å²) in [5, 5.41) is 12.8. The molecule has 1 heterocycles. The van der Waals surface area contributed by atoms with Crippen molar-refractivity contribution in [1.82, 2.24) is 14.9 Å². The van der Waals surface area contributed by atoms with Crippen molar-refractivity contribution in [2.24, 2.45) is 7.05 Å². The van der Waals surface area contributed by atoms with E-state index in [1.807, 2.05) is 19.1 Å². The Labute approximate surface area is 126 Å². The normalized spacial score (nSPS) is 10.4. The van der Waals surface area contributed by atoms with E-state index >= 15 is 0 Å². The van der Waals surface area contributed by atoms with Gasteiger partial charge in [0.05, 0.1) is 6.33 Å². The Bertz CT molecular complexity index is 756. The maximum atomic E-state index is 11.9. The lowest BCUT2D eigenvalue weighted by molar-refractivity contribution is 0.0942. The van der Waals surface area contributed by atoms with E-state index in [4.69, 9.17) is 11.6 Å². The van der Waals surface area contributed by atoms with Crippen molar-refractivity contribution in [2.75, 3.05) is 0 Å². The van der Waals surface area contributed by atoms with Crippen LogP contribution >= 0.6 is 11.6 Å². The zero-order valence-electron chi connectivity index (χ0n) is 11.6. The average molecular weight is 308 g/mol. The van der Waals surface area contributed by atoms with Crippen LogP contribution in [0.3, 0.4) is 0 Å². The standard InChI is InChI=1S/C14H14ClN3O3/c1-8-3-4-9(5-10(8)15)6-16-13(20)11-12(19)14(21)18(2)7-17-11/h3-5,7,19H,6H2,1-2H3,(H,16,20). The Morgan fingerprint density at radius 2 is 2.19 bits per heavy atom. The van der Waals surface area contributed by atoms with Crippen LogP contribution in [0, 0.1) is 6.92 Å². The fourth-order valence-electron chi connectivity index (χ4n) is 1.70. The third-order valence-corrected chi connectivity index (χ3v) is 3.42. The Morgan fingerprint density at radius 1 is 1.48 bits per heavy atom. The number of aromatic hydroxyl groups is 1. The van der Waals surface area contributed by atoms with Crippen LogP contribution in [0.15, 0.2) is 29.3 Å². The first-order valence-corrected chi connectivity index (χ1v) is 6.55. The van der Waals surface area contributed by atoms with Crippen molar-refractivity contribution < 1.29 is 9.90 Å². The maximum absolute atomic E-state index is 11.9. The smallest absolute Gasteiger partial charge is 0.296 e. The number of aromatic nitrogens is 2.